The zero-order chi connectivity index (χ0) is 28.8. The maximum atomic E-state index is 12.8. The normalized spacial score (nSPS) is 25.9. The van der Waals surface area contributed by atoms with Crippen LogP contribution < -0.4 is 10.1 Å². The van der Waals surface area contributed by atoms with Gasteiger partial charge in [0, 0.05) is 0 Å². The van der Waals surface area contributed by atoms with Crippen molar-refractivity contribution in [3.8, 4) is 5.75 Å². The van der Waals surface area contributed by atoms with Gasteiger partial charge >= 0.3 is 6.09 Å². The highest BCUT2D eigenvalue weighted by atomic mass is 16.8. The number of rotatable bonds is 11. The molecule has 0 bridgehead atoms. The number of hydrogen-bond donors (Lipinski definition) is 1. The van der Waals surface area contributed by atoms with E-state index in [2.05, 4.69) is 36.5 Å². The number of alkyl carbamates (subject to hydrolysis) is 1. The summed E-state index contributed by atoms with van der Waals surface area (Å²) in [6.45, 7) is 15.6. The zero-order valence-electron chi connectivity index (χ0n) is 25.2. The van der Waals surface area contributed by atoms with Crippen molar-refractivity contribution in [1.29, 1.82) is 0 Å². The summed E-state index contributed by atoms with van der Waals surface area (Å²) in [6, 6.07) is 7.55. The highest BCUT2D eigenvalue weighted by Gasteiger charge is 2.52. The molecule has 0 spiro atoms. The first-order valence-corrected chi connectivity index (χ1v) is 14.2. The highest BCUT2D eigenvalue weighted by molar-refractivity contribution is 5.68. The number of carbonyl (C=O) groups is 1. The third-order valence-electron chi connectivity index (χ3n) is 6.90. The van der Waals surface area contributed by atoms with Gasteiger partial charge in [-0.15, -0.1) is 0 Å². The summed E-state index contributed by atoms with van der Waals surface area (Å²) in [7, 11) is 1.67. The van der Waals surface area contributed by atoms with E-state index in [4.69, 9.17) is 28.4 Å². The number of methoxy groups -OCH3 is 1. The molecule has 1 N–H and O–H groups in total. The molecule has 1 aromatic rings. The van der Waals surface area contributed by atoms with Crippen LogP contribution >= 0.6 is 0 Å². The lowest BCUT2D eigenvalue weighted by atomic mass is 9.89. The molecule has 1 aromatic carbocycles. The molecule has 8 nitrogen and oxygen atoms in total. The maximum absolute atomic E-state index is 12.8. The second-order valence-corrected chi connectivity index (χ2v) is 12.5. The molecule has 0 saturated carbocycles. The van der Waals surface area contributed by atoms with Gasteiger partial charge in [0.15, 0.2) is 11.6 Å². The summed E-state index contributed by atoms with van der Waals surface area (Å²) in [5, 5.41) is 3.04. The molecule has 2 aliphatic rings. The Morgan fingerprint density at radius 3 is 2.31 bits per heavy atom. The maximum Gasteiger partial charge on any atom is 0.408 e. The monoisotopic (exact) mass is 547 g/mol. The van der Waals surface area contributed by atoms with Crippen LogP contribution in [0.25, 0.3) is 6.08 Å². The number of unbranched alkanes of at least 4 members (excludes halogenated alkanes) is 2. The smallest absolute Gasteiger partial charge is 0.408 e. The summed E-state index contributed by atoms with van der Waals surface area (Å²) in [5.41, 5.74) is 0.539. The summed E-state index contributed by atoms with van der Waals surface area (Å²) >= 11 is 0. The Morgan fingerprint density at radius 1 is 1.05 bits per heavy atom. The molecule has 2 fully saturated rings. The van der Waals surface area contributed by atoms with Crippen LogP contribution in [0.4, 0.5) is 4.79 Å². The van der Waals surface area contributed by atoms with Crippen molar-refractivity contribution in [3.05, 3.63) is 35.9 Å². The van der Waals surface area contributed by atoms with Gasteiger partial charge in [0.25, 0.3) is 0 Å². The molecule has 39 heavy (non-hydrogen) atoms. The van der Waals surface area contributed by atoms with Crippen LogP contribution in [0.15, 0.2) is 30.3 Å². The van der Waals surface area contributed by atoms with Gasteiger partial charge < -0.3 is 33.7 Å². The number of benzene rings is 1. The van der Waals surface area contributed by atoms with E-state index in [1.807, 2.05) is 60.6 Å². The Kier molecular flexibility index (Phi) is 10.5. The van der Waals surface area contributed by atoms with Gasteiger partial charge in [0.2, 0.25) is 0 Å². The van der Waals surface area contributed by atoms with Crippen molar-refractivity contribution in [2.45, 2.75) is 123 Å². The number of amides is 1. The third kappa shape index (κ3) is 9.78. The van der Waals surface area contributed by atoms with Gasteiger partial charge in [-0.25, -0.2) is 4.79 Å². The van der Waals surface area contributed by atoms with Gasteiger partial charge in [0.05, 0.1) is 25.9 Å². The molecule has 220 valence electrons. The van der Waals surface area contributed by atoms with Crippen LogP contribution in [0.2, 0.25) is 0 Å². The lowest BCUT2D eigenvalue weighted by molar-refractivity contribution is -0.161. The van der Waals surface area contributed by atoms with Crippen LogP contribution in [-0.2, 0) is 23.7 Å². The minimum atomic E-state index is -0.784. The van der Waals surface area contributed by atoms with Gasteiger partial charge in [-0.3, -0.25) is 0 Å². The van der Waals surface area contributed by atoms with Crippen molar-refractivity contribution in [2.75, 3.05) is 13.7 Å². The van der Waals surface area contributed by atoms with Crippen LogP contribution in [0.3, 0.4) is 0 Å². The summed E-state index contributed by atoms with van der Waals surface area (Å²) in [5.74, 6) is -0.456. The van der Waals surface area contributed by atoms with E-state index in [9.17, 15) is 4.79 Å². The second kappa shape index (κ2) is 13.0. The number of nitrogens with one attached hydrogen (secondary N) is 1. The van der Waals surface area contributed by atoms with E-state index in [0.29, 0.717) is 6.61 Å². The van der Waals surface area contributed by atoms with Gasteiger partial charge in [0.1, 0.15) is 23.6 Å². The topological polar surface area (TPSA) is 84.5 Å². The predicted molar refractivity (Wildman–Crippen MR) is 152 cm³/mol. The fourth-order valence-corrected chi connectivity index (χ4v) is 5.08. The summed E-state index contributed by atoms with van der Waals surface area (Å²) in [4.78, 5) is 12.8. The molecule has 0 aliphatic carbocycles. The van der Waals surface area contributed by atoms with Crippen molar-refractivity contribution < 1.29 is 33.2 Å². The molecular formula is C31H49NO7. The van der Waals surface area contributed by atoms with Crippen molar-refractivity contribution in [2.24, 2.45) is 5.92 Å². The van der Waals surface area contributed by atoms with E-state index in [0.717, 1.165) is 37.0 Å². The van der Waals surface area contributed by atoms with Gasteiger partial charge in [-0.05, 0) is 91.3 Å². The lowest BCUT2D eigenvalue weighted by Gasteiger charge is -2.34. The minimum absolute atomic E-state index is 0.209. The predicted octanol–water partition coefficient (Wildman–Crippen LogP) is 6.47. The van der Waals surface area contributed by atoms with E-state index in [-0.39, 0.29) is 12.0 Å². The first-order chi connectivity index (χ1) is 18.2. The molecule has 0 aromatic heterocycles. The molecule has 5 atom stereocenters. The van der Waals surface area contributed by atoms with E-state index in [1.165, 1.54) is 0 Å². The Hall–Kier alpha value is -2.13. The number of carbonyl (C=O) groups excluding carboxylic acids is 1. The Bertz CT molecular complexity index is 951. The molecular weight excluding hydrogens is 498 g/mol. The third-order valence-corrected chi connectivity index (χ3v) is 6.90. The van der Waals surface area contributed by atoms with Crippen molar-refractivity contribution in [3.63, 3.8) is 0 Å². The summed E-state index contributed by atoms with van der Waals surface area (Å²) < 4.78 is 35.7. The standard InChI is InChI=1S/C31H49NO7/c1-21(14-12-10-11-13-15-22-16-18-23(34-9)19-17-22)26-27(38-31(7,8)37-26)25(24-20-35-30(5,6)36-24)32-28(33)39-29(2,3)4/h13,15-19,21,24-27H,10-12,14,20H2,1-9H3,(H,32,33)/b15-13+/t21-,24+,25-,26-,27-/m0/s1. The largest absolute Gasteiger partial charge is 0.497 e. The van der Waals surface area contributed by atoms with Crippen LogP contribution in [-0.4, -0.2) is 61.3 Å². The first kappa shape index (κ1) is 31.4. The average molecular weight is 548 g/mol. The fourth-order valence-electron chi connectivity index (χ4n) is 5.08. The zero-order valence-corrected chi connectivity index (χ0v) is 25.2. The SMILES string of the molecule is COc1ccc(/C=C/CCCC[C@H](C)[C@@H]2OC(C)(C)O[C@H]2[C@@H](NC(=O)OC(C)(C)C)[C@H]2COC(C)(C)O2)cc1. The fraction of sp³-hybridized carbons (Fsp3) is 0.710. The van der Waals surface area contributed by atoms with Gasteiger partial charge in [-0.1, -0.05) is 37.6 Å². The van der Waals surface area contributed by atoms with Crippen LogP contribution in [0.5, 0.6) is 5.75 Å². The molecule has 0 radical (unpaired) electrons. The minimum Gasteiger partial charge on any atom is -0.497 e. The molecule has 3 rings (SSSR count). The van der Waals surface area contributed by atoms with Crippen LogP contribution in [0, 0.1) is 5.92 Å². The summed E-state index contributed by atoms with van der Waals surface area (Å²) in [6.07, 6.45) is 6.93. The lowest BCUT2D eigenvalue weighted by Crippen LogP contribution is -2.56. The van der Waals surface area contributed by atoms with Crippen LogP contribution in [0.1, 0.15) is 86.6 Å². The quantitative estimate of drug-likeness (QED) is 0.318. The average Bonchev–Trinajstić information content (AvgIpc) is 3.36. The Morgan fingerprint density at radius 2 is 1.72 bits per heavy atom. The highest BCUT2D eigenvalue weighted by Crippen LogP contribution is 2.38. The van der Waals surface area contributed by atoms with E-state index < -0.39 is 41.5 Å². The molecule has 2 saturated heterocycles. The van der Waals surface area contributed by atoms with E-state index in [1.54, 1.807) is 7.11 Å². The Balaban J connectivity index is 1.61. The number of allylic oxidation sites excluding steroid dienone is 1. The van der Waals surface area contributed by atoms with Crippen molar-refractivity contribution in [1.82, 2.24) is 5.32 Å². The molecule has 1 amide bonds. The molecule has 2 heterocycles. The van der Waals surface area contributed by atoms with Crippen molar-refractivity contribution >= 4 is 12.2 Å². The number of ether oxygens (including phenoxy) is 6. The van der Waals surface area contributed by atoms with Gasteiger partial charge in [-0.2, -0.15) is 0 Å². The Labute approximate surface area is 234 Å². The molecule has 2 aliphatic heterocycles. The molecule has 8 heteroatoms. The number of hydrogen-bond acceptors (Lipinski definition) is 7. The second-order valence-electron chi connectivity index (χ2n) is 12.5. The van der Waals surface area contributed by atoms with E-state index >= 15 is 0 Å². The molecule has 0 unspecified atom stereocenters. The first-order valence-electron chi connectivity index (χ1n) is 14.2.